The van der Waals surface area contributed by atoms with E-state index in [1.807, 2.05) is 0 Å². The van der Waals surface area contributed by atoms with Gasteiger partial charge in [0.25, 0.3) is 0 Å². The lowest BCUT2D eigenvalue weighted by molar-refractivity contribution is 0.0659. The van der Waals surface area contributed by atoms with Crippen molar-refractivity contribution < 1.29 is 9.84 Å². The Hall–Kier alpha value is -0.120. The molecule has 1 saturated heterocycles. The van der Waals surface area contributed by atoms with Crippen molar-refractivity contribution in [1.29, 1.82) is 0 Å². The summed E-state index contributed by atoms with van der Waals surface area (Å²) in [6.07, 6.45) is 5.77. The summed E-state index contributed by atoms with van der Waals surface area (Å²) in [7, 11) is 0. The van der Waals surface area contributed by atoms with Crippen LogP contribution in [0.5, 0.6) is 0 Å². The molecule has 0 bridgehead atoms. The minimum atomic E-state index is 0.323. The zero-order valence-electron chi connectivity index (χ0n) is 10.6. The maximum atomic E-state index is 8.97. The average Bonchev–Trinajstić information content (AvgIpc) is 2.31. The SMILES string of the molecule is CCCC(CCO)CNCC1CCOCC1. The van der Waals surface area contributed by atoms with E-state index in [1.54, 1.807) is 0 Å². The highest BCUT2D eigenvalue weighted by Crippen LogP contribution is 2.14. The topological polar surface area (TPSA) is 41.5 Å². The minimum absolute atomic E-state index is 0.323. The predicted molar refractivity (Wildman–Crippen MR) is 66.5 cm³/mol. The molecule has 0 aromatic carbocycles. The highest BCUT2D eigenvalue weighted by molar-refractivity contribution is 4.68. The standard InChI is InChI=1S/C13H27NO2/c1-2-3-12(4-7-15)10-14-11-13-5-8-16-9-6-13/h12-15H,2-11H2,1H3. The molecule has 0 radical (unpaired) electrons. The summed E-state index contributed by atoms with van der Waals surface area (Å²) in [5.41, 5.74) is 0. The van der Waals surface area contributed by atoms with Crippen molar-refractivity contribution in [2.24, 2.45) is 11.8 Å². The summed E-state index contributed by atoms with van der Waals surface area (Å²) in [5.74, 6) is 1.44. The zero-order valence-corrected chi connectivity index (χ0v) is 10.6. The van der Waals surface area contributed by atoms with Crippen LogP contribution in [0.15, 0.2) is 0 Å². The molecule has 1 heterocycles. The van der Waals surface area contributed by atoms with Gasteiger partial charge in [0.05, 0.1) is 0 Å². The van der Waals surface area contributed by atoms with Crippen molar-refractivity contribution in [3.8, 4) is 0 Å². The predicted octanol–water partition coefficient (Wildman–Crippen LogP) is 1.80. The molecule has 96 valence electrons. The minimum Gasteiger partial charge on any atom is -0.396 e. The first-order valence-corrected chi connectivity index (χ1v) is 6.76. The second-order valence-electron chi connectivity index (χ2n) is 4.88. The third-order valence-corrected chi connectivity index (χ3v) is 3.44. The first-order valence-electron chi connectivity index (χ1n) is 6.76. The fourth-order valence-electron chi connectivity index (χ4n) is 2.38. The second kappa shape index (κ2) is 8.97. The van der Waals surface area contributed by atoms with Gasteiger partial charge in [0, 0.05) is 19.8 Å². The zero-order chi connectivity index (χ0) is 11.6. The van der Waals surface area contributed by atoms with Gasteiger partial charge in [0.1, 0.15) is 0 Å². The Morgan fingerprint density at radius 3 is 2.69 bits per heavy atom. The van der Waals surface area contributed by atoms with Crippen LogP contribution in [0.4, 0.5) is 0 Å². The van der Waals surface area contributed by atoms with E-state index in [4.69, 9.17) is 9.84 Å². The monoisotopic (exact) mass is 229 g/mol. The molecule has 16 heavy (non-hydrogen) atoms. The summed E-state index contributed by atoms with van der Waals surface area (Å²) in [6, 6.07) is 0. The summed E-state index contributed by atoms with van der Waals surface area (Å²) < 4.78 is 5.34. The lowest BCUT2D eigenvalue weighted by atomic mass is 9.98. The Labute approximate surface area is 99.6 Å². The molecule has 3 nitrogen and oxygen atoms in total. The van der Waals surface area contributed by atoms with Crippen molar-refractivity contribution in [2.45, 2.75) is 39.0 Å². The van der Waals surface area contributed by atoms with E-state index >= 15 is 0 Å². The Bertz CT molecular complexity index is 152. The fraction of sp³-hybridized carbons (Fsp3) is 1.00. The molecule has 2 N–H and O–H groups in total. The van der Waals surface area contributed by atoms with Crippen LogP contribution in [0.3, 0.4) is 0 Å². The largest absolute Gasteiger partial charge is 0.396 e. The maximum Gasteiger partial charge on any atom is 0.0469 e. The van der Waals surface area contributed by atoms with Crippen LogP contribution in [0.25, 0.3) is 0 Å². The lowest BCUT2D eigenvalue weighted by Gasteiger charge is -2.23. The smallest absolute Gasteiger partial charge is 0.0469 e. The fourth-order valence-corrected chi connectivity index (χ4v) is 2.38. The van der Waals surface area contributed by atoms with Gasteiger partial charge < -0.3 is 15.2 Å². The van der Waals surface area contributed by atoms with Gasteiger partial charge in [-0.15, -0.1) is 0 Å². The van der Waals surface area contributed by atoms with Crippen molar-refractivity contribution in [1.82, 2.24) is 5.32 Å². The van der Waals surface area contributed by atoms with Crippen molar-refractivity contribution in [3.63, 3.8) is 0 Å². The number of hydrogen-bond acceptors (Lipinski definition) is 3. The van der Waals surface area contributed by atoms with Gasteiger partial charge in [-0.05, 0) is 50.6 Å². The molecular formula is C13H27NO2. The van der Waals surface area contributed by atoms with Crippen molar-refractivity contribution in [2.75, 3.05) is 32.9 Å². The molecule has 0 amide bonds. The number of aliphatic hydroxyl groups is 1. The van der Waals surface area contributed by atoms with Gasteiger partial charge in [-0.1, -0.05) is 13.3 Å². The summed E-state index contributed by atoms with van der Waals surface area (Å²) >= 11 is 0. The van der Waals surface area contributed by atoms with Crippen LogP contribution in [0, 0.1) is 11.8 Å². The first kappa shape index (κ1) is 13.9. The normalized spacial score (nSPS) is 19.9. The average molecular weight is 229 g/mol. The number of aliphatic hydroxyl groups excluding tert-OH is 1. The first-order chi connectivity index (χ1) is 7.86. The third kappa shape index (κ3) is 5.83. The lowest BCUT2D eigenvalue weighted by Crippen LogP contribution is -2.31. The number of nitrogens with one attached hydrogen (secondary N) is 1. The molecule has 0 aromatic heterocycles. The highest BCUT2D eigenvalue weighted by Gasteiger charge is 2.14. The van der Waals surface area contributed by atoms with Gasteiger partial charge in [0.15, 0.2) is 0 Å². The van der Waals surface area contributed by atoms with E-state index in [-0.39, 0.29) is 0 Å². The summed E-state index contributed by atoms with van der Waals surface area (Å²) in [6.45, 7) is 6.58. The quantitative estimate of drug-likeness (QED) is 0.667. The number of rotatable bonds is 8. The van der Waals surface area contributed by atoms with Crippen LogP contribution < -0.4 is 5.32 Å². The molecule has 0 saturated carbocycles. The number of hydrogen-bond donors (Lipinski definition) is 2. The molecule has 3 heteroatoms. The van der Waals surface area contributed by atoms with E-state index in [9.17, 15) is 0 Å². The van der Waals surface area contributed by atoms with Crippen LogP contribution in [-0.4, -0.2) is 38.0 Å². The Kier molecular flexibility index (Phi) is 7.81. The molecular weight excluding hydrogens is 202 g/mol. The molecule has 1 rings (SSSR count). The molecule has 1 fully saturated rings. The van der Waals surface area contributed by atoms with E-state index in [2.05, 4.69) is 12.2 Å². The van der Waals surface area contributed by atoms with Gasteiger partial charge >= 0.3 is 0 Å². The maximum absolute atomic E-state index is 8.97. The Morgan fingerprint density at radius 1 is 1.31 bits per heavy atom. The summed E-state index contributed by atoms with van der Waals surface area (Å²) in [4.78, 5) is 0. The molecule has 0 aromatic rings. The van der Waals surface area contributed by atoms with Gasteiger partial charge in [-0.25, -0.2) is 0 Å². The summed E-state index contributed by atoms with van der Waals surface area (Å²) in [5, 5.41) is 12.5. The van der Waals surface area contributed by atoms with Crippen LogP contribution >= 0.6 is 0 Å². The molecule has 0 spiro atoms. The molecule has 1 aliphatic heterocycles. The molecule has 1 unspecified atom stereocenters. The van der Waals surface area contributed by atoms with Crippen LogP contribution in [-0.2, 0) is 4.74 Å². The van der Waals surface area contributed by atoms with Crippen LogP contribution in [0.2, 0.25) is 0 Å². The molecule has 0 aliphatic carbocycles. The highest BCUT2D eigenvalue weighted by atomic mass is 16.5. The van der Waals surface area contributed by atoms with E-state index < -0.39 is 0 Å². The molecule has 1 atom stereocenters. The number of ether oxygens (including phenoxy) is 1. The molecule has 1 aliphatic rings. The second-order valence-corrected chi connectivity index (χ2v) is 4.88. The third-order valence-electron chi connectivity index (χ3n) is 3.44. The van der Waals surface area contributed by atoms with E-state index in [0.29, 0.717) is 12.5 Å². The van der Waals surface area contributed by atoms with Gasteiger partial charge in [-0.3, -0.25) is 0 Å². The van der Waals surface area contributed by atoms with E-state index in [1.165, 1.54) is 25.7 Å². The van der Waals surface area contributed by atoms with E-state index in [0.717, 1.165) is 38.6 Å². The van der Waals surface area contributed by atoms with Crippen LogP contribution in [0.1, 0.15) is 39.0 Å². The van der Waals surface area contributed by atoms with Gasteiger partial charge in [-0.2, -0.15) is 0 Å². The van der Waals surface area contributed by atoms with Gasteiger partial charge in [0.2, 0.25) is 0 Å². The Morgan fingerprint density at radius 2 is 2.06 bits per heavy atom. The van der Waals surface area contributed by atoms with Crippen molar-refractivity contribution in [3.05, 3.63) is 0 Å². The van der Waals surface area contributed by atoms with Crippen molar-refractivity contribution >= 4 is 0 Å². The Balaban J connectivity index is 2.06.